The van der Waals surface area contributed by atoms with Crippen LogP contribution in [0.2, 0.25) is 0 Å². The Morgan fingerprint density at radius 3 is 2.65 bits per heavy atom. The van der Waals surface area contributed by atoms with Gasteiger partial charge in [0.25, 0.3) is 0 Å². The lowest BCUT2D eigenvalue weighted by Crippen LogP contribution is -2.13. The zero-order valence-electron chi connectivity index (χ0n) is 13.5. The Balaban J connectivity index is 2.43. The van der Waals surface area contributed by atoms with E-state index in [1.54, 1.807) is 52.3 Å². The molecule has 1 aliphatic heterocycles. The highest BCUT2D eigenvalue weighted by Gasteiger charge is 2.27. The molecule has 6 heteroatoms. The van der Waals surface area contributed by atoms with Crippen molar-refractivity contribution in [2.24, 2.45) is 4.99 Å². The summed E-state index contributed by atoms with van der Waals surface area (Å²) in [4.78, 5) is 16.1. The molecule has 0 saturated carbocycles. The van der Waals surface area contributed by atoms with Crippen LogP contribution in [0.1, 0.15) is 19.4 Å². The summed E-state index contributed by atoms with van der Waals surface area (Å²) in [6.07, 6.45) is 1.64. The van der Waals surface area contributed by atoms with Crippen LogP contribution in [-0.2, 0) is 9.53 Å². The van der Waals surface area contributed by atoms with Crippen molar-refractivity contribution in [3.05, 3.63) is 40.8 Å². The van der Waals surface area contributed by atoms with Crippen molar-refractivity contribution >= 4 is 17.8 Å². The summed E-state index contributed by atoms with van der Waals surface area (Å²) in [5.74, 6) is 0.444. The first-order chi connectivity index (χ1) is 11.0. The van der Waals surface area contributed by atoms with Gasteiger partial charge < -0.3 is 19.3 Å². The zero-order valence-corrected chi connectivity index (χ0v) is 13.5. The lowest BCUT2D eigenvalue weighted by atomic mass is 10.1. The minimum absolute atomic E-state index is 0.0885. The summed E-state index contributed by atoms with van der Waals surface area (Å²) >= 11 is 0. The summed E-state index contributed by atoms with van der Waals surface area (Å²) in [6, 6.07) is 5.28. The molecule has 0 bridgehead atoms. The summed E-state index contributed by atoms with van der Waals surface area (Å²) in [6.45, 7) is 3.58. The number of aliphatic hydroxyl groups is 1. The van der Waals surface area contributed by atoms with Gasteiger partial charge in [0.2, 0.25) is 0 Å². The lowest BCUT2D eigenvalue weighted by molar-refractivity contribution is -0.138. The van der Waals surface area contributed by atoms with Crippen LogP contribution in [0, 0.1) is 0 Å². The number of esters is 1. The van der Waals surface area contributed by atoms with Gasteiger partial charge in [-0.2, -0.15) is 0 Å². The van der Waals surface area contributed by atoms with Gasteiger partial charge in [0.05, 0.1) is 26.5 Å². The number of rotatable bonds is 5. The second-order valence-corrected chi connectivity index (χ2v) is 4.78. The van der Waals surface area contributed by atoms with Crippen molar-refractivity contribution in [2.45, 2.75) is 13.8 Å². The van der Waals surface area contributed by atoms with Crippen LogP contribution in [0.4, 0.5) is 0 Å². The predicted octanol–water partition coefficient (Wildman–Crippen LogP) is 2.89. The van der Waals surface area contributed by atoms with Gasteiger partial charge in [-0.1, -0.05) is 0 Å². The van der Waals surface area contributed by atoms with Gasteiger partial charge in [-0.3, -0.25) is 0 Å². The van der Waals surface area contributed by atoms with Crippen LogP contribution in [0.15, 0.2) is 40.2 Å². The maximum absolute atomic E-state index is 11.9. The molecule has 2 rings (SSSR count). The van der Waals surface area contributed by atoms with E-state index in [1.807, 2.05) is 0 Å². The van der Waals surface area contributed by atoms with E-state index < -0.39 is 5.97 Å². The van der Waals surface area contributed by atoms with Gasteiger partial charge in [-0.25, -0.2) is 9.79 Å². The summed E-state index contributed by atoms with van der Waals surface area (Å²) < 4.78 is 15.4. The van der Waals surface area contributed by atoms with Gasteiger partial charge >= 0.3 is 5.97 Å². The Kier molecular flexibility index (Phi) is 5.05. The predicted molar refractivity (Wildman–Crippen MR) is 86.9 cm³/mol. The molecular weight excluding hydrogens is 298 g/mol. The van der Waals surface area contributed by atoms with Crippen LogP contribution in [0.3, 0.4) is 0 Å². The second kappa shape index (κ2) is 7.00. The minimum Gasteiger partial charge on any atom is -0.505 e. The summed E-state index contributed by atoms with van der Waals surface area (Å²) in [5.41, 5.74) is 1.50. The molecule has 23 heavy (non-hydrogen) atoms. The third kappa shape index (κ3) is 3.36. The number of hydrogen-bond acceptors (Lipinski definition) is 6. The van der Waals surface area contributed by atoms with Gasteiger partial charge in [0.15, 0.2) is 5.76 Å². The molecule has 0 atom stereocenters. The lowest BCUT2D eigenvalue weighted by Gasteiger charge is -2.08. The van der Waals surface area contributed by atoms with E-state index in [-0.39, 0.29) is 23.6 Å². The Bertz CT molecular complexity index is 716. The van der Waals surface area contributed by atoms with Crippen molar-refractivity contribution < 1.29 is 24.1 Å². The molecule has 122 valence electrons. The largest absolute Gasteiger partial charge is 0.505 e. The molecular formula is C17H19NO5. The van der Waals surface area contributed by atoms with Crippen molar-refractivity contribution in [2.75, 3.05) is 20.8 Å². The Hall–Kier alpha value is -2.76. The van der Waals surface area contributed by atoms with Crippen molar-refractivity contribution in [3.63, 3.8) is 0 Å². The van der Waals surface area contributed by atoms with E-state index in [0.717, 1.165) is 0 Å². The highest BCUT2D eigenvalue weighted by Crippen LogP contribution is 2.31. The summed E-state index contributed by atoms with van der Waals surface area (Å²) in [5, 5.41) is 10.3. The molecule has 1 aliphatic rings. The minimum atomic E-state index is -0.587. The van der Waals surface area contributed by atoms with E-state index in [0.29, 0.717) is 22.8 Å². The summed E-state index contributed by atoms with van der Waals surface area (Å²) in [7, 11) is 3.11. The number of aliphatic hydroxyl groups excluding tert-OH is 1. The number of nitrogens with zero attached hydrogens (tertiary/aromatic N) is 1. The molecule has 0 aliphatic carbocycles. The van der Waals surface area contributed by atoms with Crippen molar-refractivity contribution in [1.29, 1.82) is 0 Å². The molecule has 0 unspecified atom stereocenters. The van der Waals surface area contributed by atoms with Crippen LogP contribution in [-0.4, -0.2) is 37.6 Å². The zero-order chi connectivity index (χ0) is 17.0. The van der Waals surface area contributed by atoms with Gasteiger partial charge in [0.1, 0.15) is 22.8 Å². The topological polar surface area (TPSA) is 77.4 Å². The maximum Gasteiger partial charge on any atom is 0.343 e. The average molecular weight is 317 g/mol. The molecule has 1 aromatic carbocycles. The first kappa shape index (κ1) is 16.6. The fraction of sp³-hybridized carbons (Fsp3) is 0.294. The van der Waals surface area contributed by atoms with Crippen LogP contribution in [0.25, 0.3) is 6.08 Å². The Morgan fingerprint density at radius 2 is 2.04 bits per heavy atom. The molecule has 1 heterocycles. The third-order valence-corrected chi connectivity index (χ3v) is 3.34. The number of benzene rings is 1. The molecule has 0 amide bonds. The van der Waals surface area contributed by atoms with Gasteiger partial charge in [0, 0.05) is 11.6 Å². The monoisotopic (exact) mass is 317 g/mol. The third-order valence-electron chi connectivity index (χ3n) is 3.34. The van der Waals surface area contributed by atoms with Crippen LogP contribution >= 0.6 is 0 Å². The molecule has 1 aromatic rings. The molecule has 0 fully saturated rings. The van der Waals surface area contributed by atoms with Gasteiger partial charge in [-0.15, -0.1) is 0 Å². The smallest absolute Gasteiger partial charge is 0.343 e. The number of aliphatic imine (C=N–C) groups is 1. The first-order valence-electron chi connectivity index (χ1n) is 7.11. The number of methoxy groups -OCH3 is 2. The average Bonchev–Trinajstić information content (AvgIpc) is 2.82. The van der Waals surface area contributed by atoms with E-state index in [9.17, 15) is 9.90 Å². The number of carbonyl (C=O) groups is 1. The highest BCUT2D eigenvalue weighted by atomic mass is 16.5. The Morgan fingerprint density at radius 1 is 1.30 bits per heavy atom. The fourth-order valence-corrected chi connectivity index (χ4v) is 2.22. The highest BCUT2D eigenvalue weighted by molar-refractivity contribution is 6.22. The van der Waals surface area contributed by atoms with Gasteiger partial charge in [-0.05, 0) is 32.1 Å². The molecule has 6 nitrogen and oxygen atoms in total. The van der Waals surface area contributed by atoms with E-state index >= 15 is 0 Å². The Labute approximate surface area is 134 Å². The SMILES string of the molecule is CCOC(=O)C1=C(O)/C(=C\c2ccc(OC)cc2OC)N=C1C. The molecule has 0 radical (unpaired) electrons. The quantitative estimate of drug-likeness (QED) is 0.845. The van der Waals surface area contributed by atoms with Crippen molar-refractivity contribution in [1.82, 2.24) is 0 Å². The maximum atomic E-state index is 11.9. The van der Waals surface area contributed by atoms with Crippen LogP contribution < -0.4 is 9.47 Å². The number of hydrogen-bond donors (Lipinski definition) is 1. The number of ether oxygens (including phenoxy) is 3. The van der Waals surface area contributed by atoms with E-state index in [2.05, 4.69) is 4.99 Å². The molecule has 0 spiro atoms. The number of carbonyl (C=O) groups excluding carboxylic acids is 1. The molecule has 1 N–H and O–H groups in total. The van der Waals surface area contributed by atoms with E-state index in [4.69, 9.17) is 14.2 Å². The standard InChI is InChI=1S/C17H19NO5/c1-5-23-17(20)15-10(2)18-13(16(15)19)8-11-6-7-12(21-3)9-14(11)22-4/h6-9,19H,5H2,1-4H3/b13-8+. The van der Waals surface area contributed by atoms with Crippen molar-refractivity contribution in [3.8, 4) is 11.5 Å². The van der Waals surface area contributed by atoms with E-state index in [1.165, 1.54) is 0 Å². The normalized spacial score (nSPS) is 15.7. The molecule has 0 aromatic heterocycles. The fourth-order valence-electron chi connectivity index (χ4n) is 2.22. The second-order valence-electron chi connectivity index (χ2n) is 4.78. The first-order valence-corrected chi connectivity index (χ1v) is 7.11. The van der Waals surface area contributed by atoms with Crippen LogP contribution in [0.5, 0.6) is 11.5 Å². The molecule has 0 saturated heterocycles.